The Labute approximate surface area is 153 Å². The number of hydrogen-bond donors (Lipinski definition) is 0. The van der Waals surface area contributed by atoms with Gasteiger partial charge in [-0.1, -0.05) is 6.07 Å². The van der Waals surface area contributed by atoms with Gasteiger partial charge in [0.25, 0.3) is 0 Å². The predicted octanol–water partition coefficient (Wildman–Crippen LogP) is 1.11. The maximum atomic E-state index is 12.8. The van der Waals surface area contributed by atoms with Crippen molar-refractivity contribution in [2.75, 3.05) is 44.3 Å². The number of pyridine rings is 1. The van der Waals surface area contributed by atoms with Gasteiger partial charge in [0.1, 0.15) is 5.82 Å². The number of rotatable bonds is 3. The Morgan fingerprint density at radius 3 is 2.96 bits per heavy atom. The molecule has 2 saturated heterocycles. The van der Waals surface area contributed by atoms with E-state index in [4.69, 9.17) is 4.74 Å². The second-order valence-corrected chi connectivity index (χ2v) is 7.38. The number of carbonyl (C=O) groups is 1. The highest BCUT2D eigenvalue weighted by Crippen LogP contribution is 2.35. The summed E-state index contributed by atoms with van der Waals surface area (Å²) in [4.78, 5) is 21.5. The van der Waals surface area contributed by atoms with E-state index in [0.717, 1.165) is 37.6 Å². The topological polar surface area (TPSA) is 63.5 Å². The Hall–Kier alpha value is -2.41. The monoisotopic (exact) mass is 355 g/mol. The van der Waals surface area contributed by atoms with Crippen molar-refractivity contribution in [3.8, 4) is 0 Å². The van der Waals surface area contributed by atoms with Crippen molar-refractivity contribution < 1.29 is 9.53 Å². The van der Waals surface area contributed by atoms with Crippen molar-refractivity contribution in [3.05, 3.63) is 42.4 Å². The standard InChI is InChI=1S/C19H25N5O2/c1-22-8-5-16(21-22)12-18(25)24-10-11-26-15-19(14-24)6-9-23(13-19)17-4-2-3-7-20-17/h2-5,7-8H,6,9-15H2,1H3. The fourth-order valence-electron chi connectivity index (χ4n) is 3.95. The molecule has 0 bridgehead atoms. The Morgan fingerprint density at radius 1 is 1.27 bits per heavy atom. The minimum absolute atomic E-state index is 0.0200. The molecule has 0 aliphatic carbocycles. The molecule has 1 atom stereocenters. The first-order valence-electron chi connectivity index (χ1n) is 9.14. The molecule has 0 saturated carbocycles. The average molecular weight is 355 g/mol. The number of anilines is 1. The zero-order chi connectivity index (χ0) is 18.0. The summed E-state index contributed by atoms with van der Waals surface area (Å²) < 4.78 is 7.62. The molecular weight excluding hydrogens is 330 g/mol. The van der Waals surface area contributed by atoms with E-state index < -0.39 is 0 Å². The van der Waals surface area contributed by atoms with Gasteiger partial charge < -0.3 is 14.5 Å². The third-order valence-electron chi connectivity index (χ3n) is 5.31. The average Bonchev–Trinajstić information content (AvgIpc) is 3.18. The molecule has 0 aromatic carbocycles. The van der Waals surface area contributed by atoms with Crippen LogP contribution in [0, 0.1) is 5.41 Å². The van der Waals surface area contributed by atoms with Gasteiger partial charge in [0.2, 0.25) is 5.91 Å². The van der Waals surface area contributed by atoms with Crippen molar-refractivity contribution in [1.82, 2.24) is 19.7 Å². The number of hydrogen-bond acceptors (Lipinski definition) is 5. The van der Waals surface area contributed by atoms with Crippen molar-refractivity contribution >= 4 is 11.7 Å². The summed E-state index contributed by atoms with van der Waals surface area (Å²) in [5, 5.41) is 4.33. The van der Waals surface area contributed by atoms with Crippen LogP contribution in [0.1, 0.15) is 12.1 Å². The van der Waals surface area contributed by atoms with Gasteiger partial charge in [-0.2, -0.15) is 5.10 Å². The molecule has 26 heavy (non-hydrogen) atoms. The Balaban J connectivity index is 1.45. The zero-order valence-electron chi connectivity index (χ0n) is 15.2. The maximum absolute atomic E-state index is 12.8. The number of aryl methyl sites for hydroxylation is 1. The lowest BCUT2D eigenvalue weighted by Crippen LogP contribution is -2.44. The van der Waals surface area contributed by atoms with Crippen molar-refractivity contribution in [2.24, 2.45) is 12.5 Å². The summed E-state index contributed by atoms with van der Waals surface area (Å²) in [6.07, 6.45) is 5.06. The first-order valence-corrected chi connectivity index (χ1v) is 9.14. The van der Waals surface area contributed by atoms with E-state index in [0.29, 0.717) is 26.2 Å². The van der Waals surface area contributed by atoms with Crippen LogP contribution in [-0.4, -0.2) is 65.0 Å². The Morgan fingerprint density at radius 2 is 2.19 bits per heavy atom. The van der Waals surface area contributed by atoms with E-state index >= 15 is 0 Å². The molecule has 1 spiro atoms. The predicted molar refractivity (Wildman–Crippen MR) is 97.8 cm³/mol. The second kappa shape index (κ2) is 7.07. The first kappa shape index (κ1) is 17.0. The van der Waals surface area contributed by atoms with Gasteiger partial charge in [-0.15, -0.1) is 0 Å². The Kier molecular flexibility index (Phi) is 4.63. The molecule has 4 heterocycles. The normalized spacial score (nSPS) is 23.4. The lowest BCUT2D eigenvalue weighted by molar-refractivity contribution is -0.131. The van der Waals surface area contributed by atoms with Crippen molar-refractivity contribution in [2.45, 2.75) is 12.8 Å². The Bertz CT molecular complexity index is 762. The molecule has 1 amide bonds. The quantitative estimate of drug-likeness (QED) is 0.825. The third-order valence-corrected chi connectivity index (χ3v) is 5.31. The summed E-state index contributed by atoms with van der Waals surface area (Å²) >= 11 is 0. The molecule has 1 unspecified atom stereocenters. The molecule has 7 heteroatoms. The van der Waals surface area contributed by atoms with E-state index in [2.05, 4.69) is 15.0 Å². The largest absolute Gasteiger partial charge is 0.379 e. The molecule has 2 aromatic heterocycles. The van der Waals surface area contributed by atoms with Gasteiger partial charge in [0.05, 0.1) is 25.3 Å². The number of nitrogens with zero attached hydrogens (tertiary/aromatic N) is 5. The molecular formula is C19H25N5O2. The molecule has 0 radical (unpaired) electrons. The van der Waals surface area contributed by atoms with Crippen molar-refractivity contribution in [3.63, 3.8) is 0 Å². The van der Waals surface area contributed by atoms with Crippen LogP contribution in [0.3, 0.4) is 0 Å². The van der Waals surface area contributed by atoms with Gasteiger partial charge in [-0.25, -0.2) is 4.98 Å². The minimum Gasteiger partial charge on any atom is -0.379 e. The summed E-state index contributed by atoms with van der Waals surface area (Å²) in [5.41, 5.74) is 0.798. The number of ether oxygens (including phenoxy) is 1. The van der Waals surface area contributed by atoms with Gasteiger partial charge >= 0.3 is 0 Å². The summed E-state index contributed by atoms with van der Waals surface area (Å²) in [7, 11) is 1.87. The van der Waals surface area contributed by atoms with Crippen LogP contribution >= 0.6 is 0 Å². The maximum Gasteiger partial charge on any atom is 0.228 e. The highest BCUT2D eigenvalue weighted by atomic mass is 16.5. The third kappa shape index (κ3) is 3.58. The lowest BCUT2D eigenvalue weighted by Gasteiger charge is -2.32. The van der Waals surface area contributed by atoms with Crippen LogP contribution in [0.4, 0.5) is 5.82 Å². The van der Waals surface area contributed by atoms with Crippen LogP contribution in [0.5, 0.6) is 0 Å². The highest BCUT2D eigenvalue weighted by molar-refractivity contribution is 5.78. The molecule has 2 aliphatic rings. The zero-order valence-corrected chi connectivity index (χ0v) is 15.2. The molecule has 4 rings (SSSR count). The van der Waals surface area contributed by atoms with Crippen molar-refractivity contribution in [1.29, 1.82) is 0 Å². The van der Waals surface area contributed by atoms with Gasteiger partial charge in [0, 0.05) is 51.0 Å². The number of carbonyl (C=O) groups excluding carboxylic acids is 1. The molecule has 2 aliphatic heterocycles. The first-order chi connectivity index (χ1) is 12.6. The van der Waals surface area contributed by atoms with Crippen LogP contribution < -0.4 is 4.90 Å². The fourth-order valence-corrected chi connectivity index (χ4v) is 3.95. The van der Waals surface area contributed by atoms with E-state index in [-0.39, 0.29) is 11.3 Å². The molecule has 0 N–H and O–H groups in total. The van der Waals surface area contributed by atoms with Crippen LogP contribution in [0.25, 0.3) is 0 Å². The smallest absolute Gasteiger partial charge is 0.228 e. The van der Waals surface area contributed by atoms with Crippen LogP contribution in [0.15, 0.2) is 36.7 Å². The SMILES string of the molecule is Cn1ccc(CC(=O)N2CCOCC3(CCN(c4ccccn4)C3)C2)n1. The summed E-state index contributed by atoms with van der Waals surface area (Å²) in [5.74, 6) is 1.13. The van der Waals surface area contributed by atoms with Gasteiger partial charge in [-0.05, 0) is 24.6 Å². The van der Waals surface area contributed by atoms with E-state index in [1.54, 1.807) is 4.68 Å². The van der Waals surface area contributed by atoms with E-state index in [1.807, 2.05) is 48.6 Å². The van der Waals surface area contributed by atoms with Gasteiger partial charge in [-0.3, -0.25) is 9.48 Å². The van der Waals surface area contributed by atoms with Gasteiger partial charge in [0.15, 0.2) is 0 Å². The summed E-state index contributed by atoms with van der Waals surface area (Å²) in [6.45, 7) is 4.50. The number of amides is 1. The van der Waals surface area contributed by atoms with E-state index in [9.17, 15) is 4.79 Å². The molecule has 2 aromatic rings. The molecule has 7 nitrogen and oxygen atoms in total. The number of aromatic nitrogens is 3. The minimum atomic E-state index is -0.0200. The molecule has 2 fully saturated rings. The fraction of sp³-hybridized carbons (Fsp3) is 0.526. The second-order valence-electron chi connectivity index (χ2n) is 7.38. The van der Waals surface area contributed by atoms with Crippen LogP contribution in [0.2, 0.25) is 0 Å². The highest BCUT2D eigenvalue weighted by Gasteiger charge is 2.42. The summed E-state index contributed by atoms with van der Waals surface area (Å²) in [6, 6.07) is 7.89. The van der Waals surface area contributed by atoms with E-state index in [1.165, 1.54) is 0 Å². The molecule has 138 valence electrons. The lowest BCUT2D eigenvalue weighted by atomic mass is 9.87. The van der Waals surface area contributed by atoms with Crippen LogP contribution in [-0.2, 0) is 23.0 Å².